The Balaban J connectivity index is 2.76. The lowest BCUT2D eigenvalue weighted by molar-refractivity contribution is -0.274. The molecule has 0 aliphatic carbocycles. The SMILES string of the molecule is CC(=O)C1O[C@H](O)C(O)[C@@H](O)[C@@H]1O. The van der Waals surface area contributed by atoms with Crippen LogP contribution in [0.25, 0.3) is 0 Å². The quantitative estimate of drug-likeness (QED) is 0.362. The molecule has 1 heterocycles. The minimum absolute atomic E-state index is 0.516. The Hall–Kier alpha value is -0.530. The second kappa shape index (κ2) is 3.69. The number of hydrogen-bond donors (Lipinski definition) is 4. The average Bonchev–Trinajstić information content (AvgIpc) is 2.07. The van der Waals surface area contributed by atoms with Gasteiger partial charge < -0.3 is 25.2 Å². The van der Waals surface area contributed by atoms with Gasteiger partial charge in [-0.25, -0.2) is 0 Å². The molecule has 76 valence electrons. The molecular formula is C7H12O6. The molecule has 1 saturated heterocycles. The van der Waals surface area contributed by atoms with Crippen LogP contribution < -0.4 is 0 Å². The predicted molar refractivity (Wildman–Crippen MR) is 39.6 cm³/mol. The zero-order chi connectivity index (χ0) is 10.2. The van der Waals surface area contributed by atoms with Gasteiger partial charge in [-0.1, -0.05) is 0 Å². The molecule has 0 amide bonds. The molecule has 6 heteroatoms. The summed E-state index contributed by atoms with van der Waals surface area (Å²) < 4.78 is 4.59. The highest BCUT2D eigenvalue weighted by molar-refractivity contribution is 5.81. The Morgan fingerprint density at radius 2 is 1.62 bits per heavy atom. The largest absolute Gasteiger partial charge is 0.387 e. The van der Waals surface area contributed by atoms with Crippen LogP contribution >= 0.6 is 0 Å². The minimum Gasteiger partial charge on any atom is -0.387 e. The predicted octanol–water partition coefficient (Wildman–Crippen LogP) is -2.62. The maximum absolute atomic E-state index is 10.8. The van der Waals surface area contributed by atoms with Gasteiger partial charge >= 0.3 is 0 Å². The molecule has 4 N–H and O–H groups in total. The van der Waals surface area contributed by atoms with Gasteiger partial charge in [0.2, 0.25) is 0 Å². The van der Waals surface area contributed by atoms with E-state index >= 15 is 0 Å². The summed E-state index contributed by atoms with van der Waals surface area (Å²) in [5.41, 5.74) is 0. The van der Waals surface area contributed by atoms with Gasteiger partial charge in [-0.15, -0.1) is 0 Å². The number of ether oxygens (including phenoxy) is 1. The summed E-state index contributed by atoms with van der Waals surface area (Å²) in [6.07, 6.45) is -7.60. The highest BCUT2D eigenvalue weighted by atomic mass is 16.6. The molecule has 2 unspecified atom stereocenters. The topological polar surface area (TPSA) is 107 Å². The van der Waals surface area contributed by atoms with Crippen molar-refractivity contribution in [2.45, 2.75) is 37.6 Å². The summed E-state index contributed by atoms with van der Waals surface area (Å²) in [5, 5.41) is 36.4. The van der Waals surface area contributed by atoms with E-state index in [0.29, 0.717) is 0 Å². The molecule has 0 aromatic heterocycles. The van der Waals surface area contributed by atoms with Crippen molar-refractivity contribution in [3.05, 3.63) is 0 Å². The Morgan fingerprint density at radius 3 is 2.08 bits per heavy atom. The van der Waals surface area contributed by atoms with E-state index in [9.17, 15) is 9.90 Å². The molecule has 13 heavy (non-hydrogen) atoms. The van der Waals surface area contributed by atoms with Crippen LogP contribution in [0.3, 0.4) is 0 Å². The number of rotatable bonds is 1. The van der Waals surface area contributed by atoms with Gasteiger partial charge in [-0.05, 0) is 6.92 Å². The van der Waals surface area contributed by atoms with Crippen LogP contribution in [0.1, 0.15) is 6.92 Å². The molecule has 0 aromatic rings. The lowest BCUT2D eigenvalue weighted by Gasteiger charge is -2.37. The fourth-order valence-electron chi connectivity index (χ4n) is 1.20. The van der Waals surface area contributed by atoms with E-state index in [1.54, 1.807) is 0 Å². The van der Waals surface area contributed by atoms with E-state index in [2.05, 4.69) is 4.74 Å². The van der Waals surface area contributed by atoms with E-state index in [0.717, 1.165) is 6.92 Å². The first-order chi connectivity index (χ1) is 5.95. The third-order valence-electron chi connectivity index (χ3n) is 1.99. The maximum atomic E-state index is 10.8. The molecular weight excluding hydrogens is 180 g/mol. The lowest BCUT2D eigenvalue weighted by Crippen LogP contribution is -2.59. The van der Waals surface area contributed by atoms with Crippen molar-refractivity contribution in [1.82, 2.24) is 0 Å². The number of carbonyl (C=O) groups is 1. The van der Waals surface area contributed by atoms with Gasteiger partial charge in [0.05, 0.1) is 0 Å². The summed E-state index contributed by atoms with van der Waals surface area (Å²) in [5.74, 6) is -0.516. The van der Waals surface area contributed by atoms with Crippen molar-refractivity contribution < 1.29 is 30.0 Å². The Bertz CT molecular complexity index is 205. The fourth-order valence-corrected chi connectivity index (χ4v) is 1.20. The number of hydrogen-bond acceptors (Lipinski definition) is 6. The van der Waals surface area contributed by atoms with E-state index in [-0.39, 0.29) is 0 Å². The molecule has 0 spiro atoms. The molecule has 0 radical (unpaired) electrons. The zero-order valence-electron chi connectivity index (χ0n) is 6.99. The van der Waals surface area contributed by atoms with Crippen LogP contribution in [0.15, 0.2) is 0 Å². The van der Waals surface area contributed by atoms with Crippen molar-refractivity contribution in [2.24, 2.45) is 0 Å². The Kier molecular flexibility index (Phi) is 2.99. The Labute approximate surface area is 74.4 Å². The third kappa shape index (κ3) is 1.87. The summed E-state index contributed by atoms with van der Waals surface area (Å²) in [4.78, 5) is 10.8. The second-order valence-corrected chi connectivity index (χ2v) is 3.03. The van der Waals surface area contributed by atoms with Crippen molar-refractivity contribution in [1.29, 1.82) is 0 Å². The van der Waals surface area contributed by atoms with Gasteiger partial charge in [-0.3, -0.25) is 4.79 Å². The van der Waals surface area contributed by atoms with Gasteiger partial charge in [0.1, 0.15) is 24.4 Å². The highest BCUT2D eigenvalue weighted by Crippen LogP contribution is 2.20. The number of aliphatic hydroxyl groups excluding tert-OH is 4. The molecule has 6 nitrogen and oxygen atoms in total. The highest BCUT2D eigenvalue weighted by Gasteiger charge is 2.44. The van der Waals surface area contributed by atoms with Gasteiger partial charge in [0, 0.05) is 0 Å². The smallest absolute Gasteiger partial charge is 0.184 e. The monoisotopic (exact) mass is 192 g/mol. The van der Waals surface area contributed by atoms with Crippen molar-refractivity contribution >= 4 is 5.78 Å². The summed E-state index contributed by atoms with van der Waals surface area (Å²) in [6, 6.07) is 0. The molecule has 0 saturated carbocycles. The van der Waals surface area contributed by atoms with Crippen LogP contribution in [0.4, 0.5) is 0 Å². The lowest BCUT2D eigenvalue weighted by atomic mass is 9.97. The number of aliphatic hydroxyl groups is 4. The van der Waals surface area contributed by atoms with Gasteiger partial charge in [0.15, 0.2) is 12.1 Å². The van der Waals surface area contributed by atoms with Crippen molar-refractivity contribution in [2.75, 3.05) is 0 Å². The van der Waals surface area contributed by atoms with Crippen molar-refractivity contribution in [3.8, 4) is 0 Å². The number of ketones is 1. The van der Waals surface area contributed by atoms with Crippen LogP contribution in [0.2, 0.25) is 0 Å². The first-order valence-corrected chi connectivity index (χ1v) is 3.83. The molecule has 1 aliphatic rings. The number of Topliss-reactive ketones (excluding diaryl/α,β-unsaturated/α-hetero) is 1. The van der Waals surface area contributed by atoms with Crippen LogP contribution in [-0.4, -0.2) is 56.9 Å². The maximum Gasteiger partial charge on any atom is 0.184 e. The molecule has 0 bridgehead atoms. The number of carbonyl (C=O) groups excluding carboxylic acids is 1. The zero-order valence-corrected chi connectivity index (χ0v) is 6.99. The van der Waals surface area contributed by atoms with Crippen LogP contribution in [-0.2, 0) is 9.53 Å². The summed E-state index contributed by atoms with van der Waals surface area (Å²) in [7, 11) is 0. The second-order valence-electron chi connectivity index (χ2n) is 3.03. The summed E-state index contributed by atoms with van der Waals surface area (Å²) >= 11 is 0. The van der Waals surface area contributed by atoms with Gasteiger partial charge in [-0.2, -0.15) is 0 Å². The first kappa shape index (κ1) is 10.6. The van der Waals surface area contributed by atoms with E-state index in [1.165, 1.54) is 0 Å². The van der Waals surface area contributed by atoms with Crippen LogP contribution in [0, 0.1) is 0 Å². The van der Waals surface area contributed by atoms with E-state index < -0.39 is 36.5 Å². The van der Waals surface area contributed by atoms with Gasteiger partial charge in [0.25, 0.3) is 0 Å². The molecule has 5 atom stereocenters. The van der Waals surface area contributed by atoms with E-state index in [4.69, 9.17) is 15.3 Å². The first-order valence-electron chi connectivity index (χ1n) is 3.83. The Morgan fingerprint density at radius 1 is 1.08 bits per heavy atom. The molecule has 1 fully saturated rings. The fraction of sp³-hybridized carbons (Fsp3) is 0.857. The normalized spacial score (nSPS) is 46.1. The molecule has 1 aliphatic heterocycles. The minimum atomic E-state index is -1.65. The molecule has 0 aromatic carbocycles. The van der Waals surface area contributed by atoms with Crippen molar-refractivity contribution in [3.63, 3.8) is 0 Å². The standard InChI is InChI=1S/C7H12O6/c1-2(8)6-4(10)3(9)5(11)7(12)13-6/h3-7,9-12H,1H3/t3-,4-,5?,6?,7-/m0/s1. The third-order valence-corrected chi connectivity index (χ3v) is 1.99. The van der Waals surface area contributed by atoms with E-state index in [1.807, 2.05) is 0 Å². The van der Waals surface area contributed by atoms with Crippen LogP contribution in [0.5, 0.6) is 0 Å². The summed E-state index contributed by atoms with van der Waals surface area (Å²) in [6.45, 7) is 1.16. The molecule has 1 rings (SSSR count). The average molecular weight is 192 g/mol.